The van der Waals surface area contributed by atoms with Crippen LogP contribution in [0.1, 0.15) is 99.5 Å². The Hall–Kier alpha value is -2.02. The molecule has 1 saturated carbocycles. The lowest BCUT2D eigenvalue weighted by atomic mass is 9.59. The van der Waals surface area contributed by atoms with E-state index in [1.54, 1.807) is 5.56 Å². The predicted octanol–water partition coefficient (Wildman–Crippen LogP) is 8.94. The lowest BCUT2D eigenvalue weighted by molar-refractivity contribution is 0.0510. The van der Waals surface area contributed by atoms with Crippen LogP contribution in [0.4, 0.5) is 0 Å². The Bertz CT molecular complexity index is 976. The van der Waals surface area contributed by atoms with Gasteiger partial charge in [-0.1, -0.05) is 82.2 Å². The summed E-state index contributed by atoms with van der Waals surface area (Å²) in [6.45, 7) is 18.3. The third-order valence-corrected chi connectivity index (χ3v) is 8.74. The third-order valence-electron chi connectivity index (χ3n) is 8.74. The summed E-state index contributed by atoms with van der Waals surface area (Å²) in [5.74, 6) is 2.31. The molecule has 2 aliphatic rings. The molecule has 0 aromatic heterocycles. The summed E-state index contributed by atoms with van der Waals surface area (Å²) in [7, 11) is 0. The summed E-state index contributed by atoms with van der Waals surface area (Å²) in [4.78, 5) is 2.58. The number of piperidine rings is 1. The zero-order chi connectivity index (χ0) is 24.3. The van der Waals surface area contributed by atoms with Crippen LogP contribution in [-0.4, -0.2) is 18.0 Å². The Balaban J connectivity index is 1.45. The minimum absolute atomic E-state index is 0.514. The topological polar surface area (TPSA) is 3.24 Å². The van der Waals surface area contributed by atoms with Gasteiger partial charge in [-0.25, -0.2) is 0 Å². The van der Waals surface area contributed by atoms with E-state index < -0.39 is 0 Å². The quantitative estimate of drug-likeness (QED) is 0.401. The smallest absolute Gasteiger partial charge is 0.0366 e. The SMILES string of the molecule is C=C(c1ccc(CC(C)C)c(C)c1)N1CCC2(CC1)CC(CCC)CC(c1cccc(C)c1)C2. The third kappa shape index (κ3) is 5.78. The normalized spacial score (nSPS) is 22.4. The van der Waals surface area contributed by atoms with Crippen molar-refractivity contribution < 1.29 is 0 Å². The Morgan fingerprint density at radius 3 is 2.47 bits per heavy atom. The number of aryl methyl sites for hydroxylation is 2. The fourth-order valence-corrected chi connectivity index (χ4v) is 6.98. The average Bonchev–Trinajstić information content (AvgIpc) is 2.80. The molecule has 1 heteroatoms. The van der Waals surface area contributed by atoms with Crippen LogP contribution in [0, 0.1) is 31.1 Å². The van der Waals surface area contributed by atoms with Crippen molar-refractivity contribution in [2.75, 3.05) is 13.1 Å². The standard InChI is InChI=1S/C33H47N/c1-7-9-28-21-32(31-11-8-10-25(4)19-31)23-33(22-28)14-16-34(17-15-33)27(6)30-13-12-29(18-24(2)3)26(5)20-30/h8,10-13,19-20,24,28,32H,6-7,9,14-18,21-23H2,1-5H3. The van der Waals surface area contributed by atoms with Crippen LogP contribution in [-0.2, 0) is 6.42 Å². The van der Waals surface area contributed by atoms with Gasteiger partial charge in [0, 0.05) is 18.8 Å². The number of nitrogens with zero attached hydrogens (tertiary/aromatic N) is 1. The lowest BCUT2D eigenvalue weighted by Crippen LogP contribution is -2.43. The number of hydrogen-bond acceptors (Lipinski definition) is 1. The molecule has 2 unspecified atom stereocenters. The fourth-order valence-electron chi connectivity index (χ4n) is 6.98. The van der Waals surface area contributed by atoms with Gasteiger partial charge in [-0.15, -0.1) is 0 Å². The van der Waals surface area contributed by atoms with Gasteiger partial charge in [-0.3, -0.25) is 0 Å². The van der Waals surface area contributed by atoms with Gasteiger partial charge in [-0.05, 0) is 104 Å². The van der Waals surface area contributed by atoms with E-state index in [0.717, 1.165) is 31.3 Å². The zero-order valence-corrected chi connectivity index (χ0v) is 22.5. The van der Waals surface area contributed by atoms with E-state index in [-0.39, 0.29) is 0 Å². The highest BCUT2D eigenvalue weighted by Gasteiger charge is 2.42. The molecule has 0 bridgehead atoms. The van der Waals surface area contributed by atoms with Gasteiger partial charge in [-0.2, -0.15) is 0 Å². The molecule has 1 saturated heterocycles. The van der Waals surface area contributed by atoms with Gasteiger partial charge in [0.2, 0.25) is 0 Å². The summed E-state index contributed by atoms with van der Waals surface area (Å²) in [6, 6.07) is 16.4. The minimum atomic E-state index is 0.514. The Kier molecular flexibility index (Phi) is 7.90. The molecule has 1 heterocycles. The second-order valence-corrected chi connectivity index (χ2v) is 12.1. The largest absolute Gasteiger partial charge is 0.371 e. The minimum Gasteiger partial charge on any atom is -0.371 e. The first-order chi connectivity index (χ1) is 16.3. The van der Waals surface area contributed by atoms with Crippen LogP contribution in [0.2, 0.25) is 0 Å². The second kappa shape index (κ2) is 10.7. The Morgan fingerprint density at radius 2 is 1.82 bits per heavy atom. The highest BCUT2D eigenvalue weighted by atomic mass is 15.1. The van der Waals surface area contributed by atoms with Crippen molar-refractivity contribution in [1.29, 1.82) is 0 Å². The molecular formula is C33H47N. The molecule has 0 N–H and O–H groups in total. The van der Waals surface area contributed by atoms with Crippen molar-refractivity contribution in [3.8, 4) is 0 Å². The van der Waals surface area contributed by atoms with Crippen LogP contribution in [0.15, 0.2) is 49.0 Å². The van der Waals surface area contributed by atoms with E-state index in [9.17, 15) is 0 Å². The van der Waals surface area contributed by atoms with Crippen LogP contribution < -0.4 is 0 Å². The zero-order valence-electron chi connectivity index (χ0n) is 22.5. The monoisotopic (exact) mass is 457 g/mol. The summed E-state index contributed by atoms with van der Waals surface area (Å²) >= 11 is 0. The first-order valence-electron chi connectivity index (χ1n) is 13.9. The maximum absolute atomic E-state index is 4.56. The molecule has 2 aromatic carbocycles. The van der Waals surface area contributed by atoms with E-state index >= 15 is 0 Å². The number of hydrogen-bond donors (Lipinski definition) is 0. The van der Waals surface area contributed by atoms with Crippen molar-refractivity contribution in [2.45, 2.75) is 91.9 Å². The molecular weight excluding hydrogens is 410 g/mol. The summed E-state index contributed by atoms with van der Waals surface area (Å²) < 4.78 is 0. The second-order valence-electron chi connectivity index (χ2n) is 12.1. The van der Waals surface area contributed by atoms with Gasteiger partial charge < -0.3 is 4.90 Å². The number of benzene rings is 2. The van der Waals surface area contributed by atoms with Gasteiger partial charge in [0.25, 0.3) is 0 Å². The van der Waals surface area contributed by atoms with Gasteiger partial charge in [0.15, 0.2) is 0 Å². The summed E-state index contributed by atoms with van der Waals surface area (Å²) in [6.07, 6.45) is 10.7. The molecule has 2 aromatic rings. The molecule has 0 amide bonds. The number of likely N-dealkylation sites (tertiary alicyclic amines) is 1. The summed E-state index contributed by atoms with van der Waals surface area (Å²) in [5.41, 5.74) is 8.94. The van der Waals surface area contributed by atoms with Crippen LogP contribution in [0.3, 0.4) is 0 Å². The Morgan fingerprint density at radius 1 is 1.06 bits per heavy atom. The highest BCUT2D eigenvalue weighted by Crippen LogP contribution is 2.53. The first kappa shape index (κ1) is 25.1. The van der Waals surface area contributed by atoms with Gasteiger partial charge in [0.1, 0.15) is 0 Å². The van der Waals surface area contributed by atoms with Crippen LogP contribution >= 0.6 is 0 Å². The van der Waals surface area contributed by atoms with Crippen molar-refractivity contribution in [3.05, 3.63) is 76.9 Å². The first-order valence-corrected chi connectivity index (χ1v) is 13.9. The van der Waals surface area contributed by atoms with E-state index in [1.807, 2.05) is 0 Å². The maximum Gasteiger partial charge on any atom is 0.0366 e. The molecule has 1 nitrogen and oxygen atoms in total. The maximum atomic E-state index is 4.56. The highest BCUT2D eigenvalue weighted by molar-refractivity contribution is 5.63. The van der Waals surface area contributed by atoms with Crippen molar-refractivity contribution >= 4 is 5.70 Å². The van der Waals surface area contributed by atoms with Crippen molar-refractivity contribution in [3.63, 3.8) is 0 Å². The van der Waals surface area contributed by atoms with Crippen LogP contribution in [0.5, 0.6) is 0 Å². The van der Waals surface area contributed by atoms with Crippen molar-refractivity contribution in [1.82, 2.24) is 4.90 Å². The molecule has 34 heavy (non-hydrogen) atoms. The lowest BCUT2D eigenvalue weighted by Gasteiger charge is -2.50. The van der Waals surface area contributed by atoms with Gasteiger partial charge in [0.05, 0.1) is 0 Å². The van der Waals surface area contributed by atoms with E-state index in [4.69, 9.17) is 0 Å². The van der Waals surface area contributed by atoms with Crippen LogP contribution in [0.25, 0.3) is 5.70 Å². The predicted molar refractivity (Wildman–Crippen MR) is 148 cm³/mol. The van der Waals surface area contributed by atoms with Crippen molar-refractivity contribution in [2.24, 2.45) is 17.3 Å². The molecule has 2 atom stereocenters. The van der Waals surface area contributed by atoms with E-state index in [1.165, 1.54) is 72.9 Å². The fraction of sp³-hybridized carbons (Fsp3) is 0.576. The molecule has 1 aliphatic heterocycles. The molecule has 4 rings (SSSR count). The molecule has 1 aliphatic carbocycles. The average molecular weight is 458 g/mol. The van der Waals surface area contributed by atoms with E-state index in [0.29, 0.717) is 11.3 Å². The molecule has 1 spiro atoms. The Labute approximate surface area is 209 Å². The van der Waals surface area contributed by atoms with E-state index in [2.05, 4.69) is 88.6 Å². The number of rotatable bonds is 7. The molecule has 2 fully saturated rings. The molecule has 184 valence electrons. The summed E-state index contributed by atoms with van der Waals surface area (Å²) in [5, 5.41) is 0. The molecule has 0 radical (unpaired) electrons. The van der Waals surface area contributed by atoms with Gasteiger partial charge >= 0.3 is 0 Å².